The van der Waals surface area contributed by atoms with Crippen LogP contribution in [0.3, 0.4) is 0 Å². The smallest absolute Gasteiger partial charge is 0.337 e. The number of para-hydroxylation sites is 2. The van der Waals surface area contributed by atoms with Crippen molar-refractivity contribution in [2.45, 2.75) is 13.8 Å². The monoisotopic (exact) mass is 544 g/mol. The van der Waals surface area contributed by atoms with Crippen LogP contribution in [0.5, 0.6) is 5.75 Å². The van der Waals surface area contributed by atoms with Crippen LogP contribution in [0.2, 0.25) is 0 Å². The molecule has 0 atom stereocenters. The average Bonchev–Trinajstić information content (AvgIpc) is 2.97. The second kappa shape index (κ2) is 13.0. The lowest BCUT2D eigenvalue weighted by Crippen LogP contribution is -1.99. The number of hydrogen-bond donors (Lipinski definition) is 3. The van der Waals surface area contributed by atoms with Gasteiger partial charge in [-0.3, -0.25) is 9.97 Å². The van der Waals surface area contributed by atoms with Crippen LogP contribution in [-0.2, 0) is 0 Å². The van der Waals surface area contributed by atoms with Crippen LogP contribution < -0.4 is 0 Å². The van der Waals surface area contributed by atoms with E-state index >= 15 is 0 Å². The van der Waals surface area contributed by atoms with E-state index in [9.17, 15) is 14.7 Å². The summed E-state index contributed by atoms with van der Waals surface area (Å²) in [6.07, 6.45) is 0. The first kappa shape index (κ1) is 28.4. The molecule has 3 N–H and O–H groups in total. The summed E-state index contributed by atoms with van der Waals surface area (Å²) in [5.41, 5.74) is 5.44. The molecule has 0 fully saturated rings. The molecule has 0 radical (unpaired) electrons. The molecule has 0 saturated carbocycles. The number of fused-ring (bicyclic) bond motifs is 2. The Kier molecular flexibility index (Phi) is 9.02. The fraction of sp³-hybridized carbons (Fsp3) is 0.0588. The largest absolute Gasteiger partial charge is 0.508 e. The van der Waals surface area contributed by atoms with Crippen molar-refractivity contribution in [1.82, 2.24) is 9.97 Å². The highest BCUT2D eigenvalue weighted by Gasteiger charge is 2.09. The molecule has 0 spiro atoms. The molecule has 41 heavy (non-hydrogen) atoms. The number of carboxylic acid groups (broad SMARTS) is 2. The predicted octanol–water partition coefficient (Wildman–Crippen LogP) is 7.54. The summed E-state index contributed by atoms with van der Waals surface area (Å²) in [6, 6.07) is 35.0. The standard InChI is InChI=1S/C12H10O.2C11H9NO2/c13-12-8-4-7-11(9-12)10-5-2-1-3-6-10;2*1-7-5-6-8-3-2-4-9(11(13)14)10(8)12-7/h1-9,13H;2*2-6H,1H3,(H,13,14). The minimum absolute atomic E-state index is 0.256. The molecule has 0 bridgehead atoms. The molecule has 7 nitrogen and oxygen atoms in total. The zero-order chi connectivity index (χ0) is 29.4. The van der Waals surface area contributed by atoms with Gasteiger partial charge in [0.15, 0.2) is 0 Å². The molecular formula is C34H28N2O5. The zero-order valence-electron chi connectivity index (χ0n) is 22.5. The number of phenolic OH excluding ortho intramolecular Hbond substituents is 1. The van der Waals surface area contributed by atoms with E-state index < -0.39 is 11.9 Å². The Labute approximate surface area is 237 Å². The number of aromatic carboxylic acids is 2. The molecule has 204 valence electrons. The lowest BCUT2D eigenvalue weighted by Gasteiger charge is -2.01. The summed E-state index contributed by atoms with van der Waals surface area (Å²) in [6.45, 7) is 3.69. The Hall–Kier alpha value is -5.56. The third-order valence-electron chi connectivity index (χ3n) is 6.13. The van der Waals surface area contributed by atoms with E-state index in [4.69, 9.17) is 10.2 Å². The van der Waals surface area contributed by atoms with E-state index in [1.54, 1.807) is 36.4 Å². The summed E-state index contributed by atoms with van der Waals surface area (Å²) in [7, 11) is 0. The van der Waals surface area contributed by atoms with Crippen molar-refractivity contribution < 1.29 is 24.9 Å². The second-order valence-electron chi connectivity index (χ2n) is 9.19. The molecule has 0 aliphatic rings. The Morgan fingerprint density at radius 1 is 0.537 bits per heavy atom. The third kappa shape index (κ3) is 7.30. The number of aromatic nitrogens is 2. The highest BCUT2D eigenvalue weighted by atomic mass is 16.4. The van der Waals surface area contributed by atoms with Gasteiger partial charge in [0.1, 0.15) is 5.75 Å². The van der Waals surface area contributed by atoms with Crippen molar-refractivity contribution in [3.8, 4) is 16.9 Å². The van der Waals surface area contributed by atoms with Crippen molar-refractivity contribution >= 4 is 33.7 Å². The number of carboxylic acids is 2. The number of aryl methyl sites for hydroxylation is 2. The maximum Gasteiger partial charge on any atom is 0.337 e. The maximum atomic E-state index is 10.9. The summed E-state index contributed by atoms with van der Waals surface area (Å²) < 4.78 is 0. The average molecular weight is 545 g/mol. The molecule has 2 heterocycles. The molecular weight excluding hydrogens is 516 g/mol. The number of pyridine rings is 2. The predicted molar refractivity (Wildman–Crippen MR) is 160 cm³/mol. The number of hydrogen-bond acceptors (Lipinski definition) is 5. The first-order chi connectivity index (χ1) is 19.7. The number of benzene rings is 4. The number of phenols is 1. The molecule has 0 saturated heterocycles. The molecule has 0 amide bonds. The van der Waals surface area contributed by atoms with Gasteiger partial charge in [-0.15, -0.1) is 0 Å². The first-order valence-electron chi connectivity index (χ1n) is 12.8. The highest BCUT2D eigenvalue weighted by molar-refractivity contribution is 6.02. The Morgan fingerprint density at radius 3 is 1.46 bits per heavy atom. The molecule has 2 aromatic heterocycles. The van der Waals surface area contributed by atoms with E-state index in [0.29, 0.717) is 16.8 Å². The summed E-state index contributed by atoms with van der Waals surface area (Å²) in [5, 5.41) is 28.9. The fourth-order valence-electron chi connectivity index (χ4n) is 4.15. The van der Waals surface area contributed by atoms with Crippen molar-refractivity contribution in [3.63, 3.8) is 0 Å². The van der Waals surface area contributed by atoms with Gasteiger partial charge in [0.05, 0.1) is 22.2 Å². The van der Waals surface area contributed by atoms with Gasteiger partial charge >= 0.3 is 11.9 Å². The van der Waals surface area contributed by atoms with Gasteiger partial charge in [-0.05, 0) is 61.4 Å². The normalized spacial score (nSPS) is 10.2. The lowest BCUT2D eigenvalue weighted by atomic mass is 10.1. The Morgan fingerprint density at radius 2 is 1.00 bits per heavy atom. The molecule has 7 heteroatoms. The zero-order valence-corrected chi connectivity index (χ0v) is 22.5. The van der Waals surface area contributed by atoms with Crippen molar-refractivity contribution in [2.75, 3.05) is 0 Å². The van der Waals surface area contributed by atoms with Crippen molar-refractivity contribution in [1.29, 1.82) is 0 Å². The van der Waals surface area contributed by atoms with Crippen LogP contribution in [0, 0.1) is 13.8 Å². The van der Waals surface area contributed by atoms with Gasteiger partial charge in [-0.25, -0.2) is 9.59 Å². The molecule has 6 rings (SSSR count). The molecule has 0 aliphatic carbocycles. The first-order valence-corrected chi connectivity index (χ1v) is 12.8. The van der Waals surface area contributed by atoms with E-state index in [1.165, 1.54) is 0 Å². The van der Waals surface area contributed by atoms with E-state index in [1.807, 2.05) is 92.7 Å². The van der Waals surface area contributed by atoms with Crippen LogP contribution in [0.25, 0.3) is 32.9 Å². The maximum absolute atomic E-state index is 10.9. The van der Waals surface area contributed by atoms with Crippen LogP contribution in [-0.4, -0.2) is 37.2 Å². The summed E-state index contributed by atoms with van der Waals surface area (Å²) in [5.74, 6) is -1.57. The minimum atomic E-state index is -0.936. The second-order valence-corrected chi connectivity index (χ2v) is 9.19. The van der Waals surface area contributed by atoms with Crippen molar-refractivity contribution in [3.05, 3.63) is 138 Å². The van der Waals surface area contributed by atoms with Crippen LogP contribution in [0.4, 0.5) is 0 Å². The number of nitrogens with zero attached hydrogens (tertiary/aromatic N) is 2. The lowest BCUT2D eigenvalue weighted by molar-refractivity contribution is 0.0688. The molecule has 0 unspecified atom stereocenters. The summed E-state index contributed by atoms with van der Waals surface area (Å²) in [4.78, 5) is 30.2. The van der Waals surface area contributed by atoms with Gasteiger partial charge in [-0.2, -0.15) is 0 Å². The number of aromatic hydroxyl groups is 1. The summed E-state index contributed by atoms with van der Waals surface area (Å²) >= 11 is 0. The van der Waals surface area contributed by atoms with Crippen molar-refractivity contribution in [2.24, 2.45) is 0 Å². The SMILES string of the molecule is Cc1ccc2cccc(C(=O)O)c2n1.Cc1ccc2cccc(C(=O)O)c2n1.Oc1cccc(-c2ccccc2)c1. The van der Waals surface area contributed by atoms with E-state index in [2.05, 4.69) is 9.97 Å². The van der Waals surface area contributed by atoms with E-state index in [0.717, 1.165) is 33.3 Å². The molecule has 4 aromatic carbocycles. The van der Waals surface area contributed by atoms with Crippen LogP contribution in [0.1, 0.15) is 32.1 Å². The van der Waals surface area contributed by atoms with Crippen LogP contribution in [0.15, 0.2) is 115 Å². The number of carbonyl (C=O) groups is 2. The topological polar surface area (TPSA) is 121 Å². The quantitative estimate of drug-likeness (QED) is 0.210. The van der Waals surface area contributed by atoms with Gasteiger partial charge < -0.3 is 15.3 Å². The van der Waals surface area contributed by atoms with Gasteiger partial charge in [-0.1, -0.05) is 78.9 Å². The fourth-order valence-corrected chi connectivity index (χ4v) is 4.15. The van der Waals surface area contributed by atoms with E-state index in [-0.39, 0.29) is 11.1 Å². The Bertz CT molecular complexity index is 1740. The Balaban J connectivity index is 0.000000142. The van der Waals surface area contributed by atoms with Crippen LogP contribution >= 0.6 is 0 Å². The molecule has 0 aliphatic heterocycles. The third-order valence-corrected chi connectivity index (χ3v) is 6.13. The van der Waals surface area contributed by atoms with Gasteiger partial charge in [0.2, 0.25) is 0 Å². The molecule has 6 aromatic rings. The highest BCUT2D eigenvalue weighted by Crippen LogP contribution is 2.22. The van der Waals surface area contributed by atoms with Gasteiger partial charge in [0, 0.05) is 22.2 Å². The number of rotatable bonds is 3. The van der Waals surface area contributed by atoms with Gasteiger partial charge in [0.25, 0.3) is 0 Å². The minimum Gasteiger partial charge on any atom is -0.508 e.